The number of benzene rings is 2. The van der Waals surface area contributed by atoms with Gasteiger partial charge in [0.15, 0.2) is 11.5 Å². The number of ether oxygens (including phenoxy) is 4. The van der Waals surface area contributed by atoms with Crippen LogP contribution in [-0.2, 0) is 17.6 Å². The van der Waals surface area contributed by atoms with Crippen molar-refractivity contribution in [2.24, 2.45) is 0 Å². The minimum absolute atomic E-state index is 0.442. The minimum atomic E-state index is -1.49. The lowest BCUT2D eigenvalue weighted by Gasteiger charge is -2.41. The summed E-state index contributed by atoms with van der Waals surface area (Å²) in [5.41, 5.74) is 2.95. The molecule has 8 nitrogen and oxygen atoms in total. The molecule has 0 radical (unpaired) electrons. The van der Waals surface area contributed by atoms with Crippen LogP contribution >= 0.6 is 11.6 Å². The largest absolute Gasteiger partial charge is 0.486 e. The van der Waals surface area contributed by atoms with Crippen molar-refractivity contribution in [3.8, 4) is 17.2 Å². The van der Waals surface area contributed by atoms with Gasteiger partial charge < -0.3 is 39.4 Å². The molecule has 2 aromatic rings. The first kappa shape index (κ1) is 22.5. The van der Waals surface area contributed by atoms with Crippen molar-refractivity contribution in [2.75, 3.05) is 19.8 Å². The number of hydrogen-bond acceptors (Lipinski definition) is 8. The molecule has 4 N–H and O–H groups in total. The van der Waals surface area contributed by atoms with E-state index in [1.54, 1.807) is 6.07 Å². The lowest BCUT2D eigenvalue weighted by atomic mass is 9.87. The van der Waals surface area contributed by atoms with Gasteiger partial charge in [0.2, 0.25) is 0 Å². The molecule has 3 heterocycles. The summed E-state index contributed by atoms with van der Waals surface area (Å²) in [6, 6.07) is 7.49. The second-order valence-electron chi connectivity index (χ2n) is 8.34. The SMILES string of the molecule is OC[C@H]1O[C@@H](c2cc(Cc3ccc4c(c3)OCCO4)c(Cl)c3c2OC=CC3)[C@H](O)[C@@H](O)[C@@H]1O. The molecule has 3 aliphatic heterocycles. The van der Waals surface area contributed by atoms with E-state index in [0.717, 1.165) is 16.7 Å². The van der Waals surface area contributed by atoms with Gasteiger partial charge in [0.1, 0.15) is 49.5 Å². The third kappa shape index (κ3) is 4.07. The van der Waals surface area contributed by atoms with E-state index >= 15 is 0 Å². The fraction of sp³-hybridized carbons (Fsp3) is 0.417. The molecular formula is C24H25ClO8. The summed E-state index contributed by atoms with van der Waals surface area (Å²) in [4.78, 5) is 0. The van der Waals surface area contributed by atoms with Crippen molar-refractivity contribution in [3.63, 3.8) is 0 Å². The number of aliphatic hydroxyl groups excluding tert-OH is 4. The lowest BCUT2D eigenvalue weighted by Crippen LogP contribution is -2.55. The van der Waals surface area contributed by atoms with Crippen LogP contribution in [0.25, 0.3) is 0 Å². The number of hydrogen-bond donors (Lipinski definition) is 4. The number of fused-ring (bicyclic) bond motifs is 2. The highest BCUT2D eigenvalue weighted by atomic mass is 35.5. The van der Waals surface area contributed by atoms with E-state index in [0.29, 0.717) is 53.9 Å². The Morgan fingerprint density at radius 3 is 2.55 bits per heavy atom. The monoisotopic (exact) mass is 476 g/mol. The second kappa shape index (κ2) is 9.13. The Kier molecular flexibility index (Phi) is 6.22. The molecule has 5 atom stereocenters. The first-order valence-corrected chi connectivity index (χ1v) is 11.2. The normalized spacial score (nSPS) is 28.2. The van der Waals surface area contributed by atoms with Crippen LogP contribution in [0.15, 0.2) is 36.6 Å². The molecule has 0 spiro atoms. The summed E-state index contributed by atoms with van der Waals surface area (Å²) in [6.07, 6.45) is -2.06. The van der Waals surface area contributed by atoms with Crippen LogP contribution in [0, 0.1) is 0 Å². The van der Waals surface area contributed by atoms with Crippen molar-refractivity contribution < 1.29 is 39.4 Å². The minimum Gasteiger partial charge on any atom is -0.486 e. The lowest BCUT2D eigenvalue weighted by molar-refractivity contribution is -0.232. The van der Waals surface area contributed by atoms with Gasteiger partial charge in [0, 0.05) is 11.1 Å². The Morgan fingerprint density at radius 1 is 0.970 bits per heavy atom. The smallest absolute Gasteiger partial charge is 0.161 e. The maximum absolute atomic E-state index is 10.7. The average Bonchev–Trinajstić information content (AvgIpc) is 2.85. The molecule has 0 aromatic heterocycles. The molecule has 0 amide bonds. The van der Waals surface area contributed by atoms with Crippen molar-refractivity contribution in [1.82, 2.24) is 0 Å². The Bertz CT molecular complexity index is 1070. The standard InChI is InChI=1S/C24H25ClO8/c25-19-13(8-12-3-4-16-17(9-12)31-7-6-30-16)10-15(23-14(19)2-1-5-32-23)24-22(29)21(28)20(27)18(11-26)33-24/h1,3-5,9-10,18,20-22,24,26-29H,2,6-8,11H2/t18-,20-,21+,22-,24+/m1/s1. The topological polar surface area (TPSA) is 118 Å². The number of aliphatic hydroxyl groups is 4. The fourth-order valence-electron chi connectivity index (χ4n) is 4.50. The third-order valence-corrected chi connectivity index (χ3v) is 6.69. The highest BCUT2D eigenvalue weighted by Gasteiger charge is 2.45. The molecule has 0 bridgehead atoms. The van der Waals surface area contributed by atoms with Gasteiger partial charge in [-0.3, -0.25) is 0 Å². The number of allylic oxidation sites excluding steroid dienone is 1. The Balaban J connectivity index is 1.54. The van der Waals surface area contributed by atoms with E-state index < -0.39 is 37.1 Å². The zero-order chi connectivity index (χ0) is 23.1. The van der Waals surface area contributed by atoms with E-state index in [-0.39, 0.29) is 0 Å². The molecule has 1 saturated heterocycles. The van der Waals surface area contributed by atoms with Crippen LogP contribution in [0.3, 0.4) is 0 Å². The van der Waals surface area contributed by atoms with Gasteiger partial charge in [-0.05, 0) is 48.2 Å². The van der Waals surface area contributed by atoms with Crippen molar-refractivity contribution >= 4 is 11.6 Å². The molecule has 3 aliphatic rings. The van der Waals surface area contributed by atoms with Crippen molar-refractivity contribution in [3.05, 3.63) is 63.9 Å². The highest BCUT2D eigenvalue weighted by Crippen LogP contribution is 2.44. The maximum Gasteiger partial charge on any atom is 0.161 e. The van der Waals surface area contributed by atoms with Gasteiger partial charge >= 0.3 is 0 Å². The average molecular weight is 477 g/mol. The first-order chi connectivity index (χ1) is 16.0. The zero-order valence-corrected chi connectivity index (χ0v) is 18.4. The summed E-state index contributed by atoms with van der Waals surface area (Å²) in [5, 5.41) is 41.3. The molecule has 5 rings (SSSR count). The number of rotatable bonds is 4. The molecule has 33 heavy (non-hydrogen) atoms. The van der Waals surface area contributed by atoms with Crippen LogP contribution in [0.4, 0.5) is 0 Å². The maximum atomic E-state index is 10.7. The first-order valence-electron chi connectivity index (χ1n) is 10.8. The van der Waals surface area contributed by atoms with Gasteiger partial charge in [-0.25, -0.2) is 0 Å². The van der Waals surface area contributed by atoms with E-state index in [1.165, 1.54) is 6.26 Å². The van der Waals surface area contributed by atoms with Crippen LogP contribution in [0.1, 0.15) is 28.4 Å². The summed E-state index contributed by atoms with van der Waals surface area (Å²) in [6.45, 7) is 0.488. The Morgan fingerprint density at radius 2 is 1.76 bits per heavy atom. The van der Waals surface area contributed by atoms with Gasteiger partial charge in [0.05, 0.1) is 17.9 Å². The van der Waals surface area contributed by atoms with Gasteiger partial charge in [-0.2, -0.15) is 0 Å². The third-order valence-electron chi connectivity index (χ3n) is 6.22. The molecule has 0 unspecified atom stereocenters. The number of halogens is 1. The molecule has 1 fully saturated rings. The molecule has 2 aromatic carbocycles. The molecular weight excluding hydrogens is 452 g/mol. The zero-order valence-electron chi connectivity index (χ0n) is 17.7. The second-order valence-corrected chi connectivity index (χ2v) is 8.72. The predicted octanol–water partition coefficient (Wildman–Crippen LogP) is 1.67. The van der Waals surface area contributed by atoms with Crippen LogP contribution in [0.5, 0.6) is 17.2 Å². The van der Waals surface area contributed by atoms with Gasteiger partial charge in [-0.1, -0.05) is 17.7 Å². The van der Waals surface area contributed by atoms with Gasteiger partial charge in [-0.15, -0.1) is 0 Å². The van der Waals surface area contributed by atoms with Crippen molar-refractivity contribution in [1.29, 1.82) is 0 Å². The van der Waals surface area contributed by atoms with Crippen LogP contribution in [0.2, 0.25) is 5.02 Å². The molecule has 9 heteroatoms. The Labute approximate surface area is 195 Å². The molecule has 0 aliphatic carbocycles. The molecule has 0 saturated carbocycles. The predicted molar refractivity (Wildman–Crippen MR) is 118 cm³/mol. The fourth-order valence-corrected chi connectivity index (χ4v) is 4.79. The van der Waals surface area contributed by atoms with E-state index in [2.05, 4.69) is 0 Å². The Hall–Kier alpha value is -2.33. The van der Waals surface area contributed by atoms with Crippen LogP contribution in [-0.4, -0.2) is 64.7 Å². The van der Waals surface area contributed by atoms with Gasteiger partial charge in [0.25, 0.3) is 0 Å². The quantitative estimate of drug-likeness (QED) is 0.526. The van der Waals surface area contributed by atoms with E-state index in [1.807, 2.05) is 24.3 Å². The highest BCUT2D eigenvalue weighted by molar-refractivity contribution is 6.32. The summed E-state index contributed by atoms with van der Waals surface area (Å²) >= 11 is 6.77. The molecule has 176 valence electrons. The van der Waals surface area contributed by atoms with E-state index in [4.69, 9.17) is 30.5 Å². The summed E-state index contributed by atoms with van der Waals surface area (Å²) in [5.74, 6) is 1.81. The van der Waals surface area contributed by atoms with Crippen molar-refractivity contribution in [2.45, 2.75) is 43.4 Å². The summed E-state index contributed by atoms with van der Waals surface area (Å²) < 4.78 is 22.8. The van der Waals surface area contributed by atoms with Crippen LogP contribution < -0.4 is 14.2 Å². The van der Waals surface area contributed by atoms with E-state index in [9.17, 15) is 20.4 Å². The summed E-state index contributed by atoms with van der Waals surface area (Å²) in [7, 11) is 0.